The van der Waals surface area contributed by atoms with E-state index in [1.165, 1.54) is 0 Å². The van der Waals surface area contributed by atoms with Crippen LogP contribution in [0.4, 0.5) is 0 Å². The normalized spacial score (nSPS) is 21.3. The van der Waals surface area contributed by atoms with Gasteiger partial charge in [-0.25, -0.2) is 8.42 Å². The Hall–Kier alpha value is -1.07. The van der Waals surface area contributed by atoms with Gasteiger partial charge in [-0.15, -0.1) is 0 Å². The summed E-state index contributed by atoms with van der Waals surface area (Å²) in [5.41, 5.74) is 0.978. The van der Waals surface area contributed by atoms with E-state index in [4.69, 9.17) is 16.3 Å². The third kappa shape index (κ3) is 3.94. The lowest BCUT2D eigenvalue weighted by molar-refractivity contribution is -0.135. The second-order valence-corrected chi connectivity index (χ2v) is 7.52. The van der Waals surface area contributed by atoms with E-state index in [-0.39, 0.29) is 23.8 Å². The quantitative estimate of drug-likeness (QED) is 0.635. The second-order valence-electron chi connectivity index (χ2n) is 4.88. The molecule has 1 aromatic carbocycles. The van der Waals surface area contributed by atoms with Crippen LogP contribution in [-0.2, 0) is 14.6 Å². The molecule has 1 saturated heterocycles. The molecule has 1 aliphatic heterocycles. The van der Waals surface area contributed by atoms with Crippen molar-refractivity contribution in [2.75, 3.05) is 11.5 Å². The van der Waals surface area contributed by atoms with E-state index in [1.54, 1.807) is 18.2 Å². The molecule has 0 aliphatic carbocycles. The number of carbonyl (C=O) groups excluding carboxylic acids is 1. The molecule has 0 amide bonds. The lowest BCUT2D eigenvalue weighted by atomic mass is 10.1. The van der Waals surface area contributed by atoms with Gasteiger partial charge >= 0.3 is 5.97 Å². The largest absolute Gasteiger partial charge is 0.425 e. The number of carbonyl (C=O) groups is 1. The van der Waals surface area contributed by atoms with Crippen molar-refractivity contribution >= 4 is 27.4 Å². The summed E-state index contributed by atoms with van der Waals surface area (Å²) in [4.78, 5) is 11.7. The molecule has 1 fully saturated rings. The van der Waals surface area contributed by atoms with Gasteiger partial charge in [-0.3, -0.25) is 4.79 Å². The van der Waals surface area contributed by atoms with Crippen LogP contribution in [0.25, 0.3) is 0 Å². The first-order valence-electron chi connectivity index (χ1n) is 6.03. The van der Waals surface area contributed by atoms with Gasteiger partial charge in [0, 0.05) is 6.42 Å². The van der Waals surface area contributed by atoms with Gasteiger partial charge in [0.25, 0.3) is 0 Å². The van der Waals surface area contributed by atoms with E-state index in [1.807, 2.05) is 6.92 Å². The first-order valence-corrected chi connectivity index (χ1v) is 8.23. The van der Waals surface area contributed by atoms with E-state index < -0.39 is 15.8 Å². The van der Waals surface area contributed by atoms with Crippen molar-refractivity contribution in [1.82, 2.24) is 0 Å². The van der Waals surface area contributed by atoms with Gasteiger partial charge in [0.05, 0.1) is 16.5 Å². The highest BCUT2D eigenvalue weighted by atomic mass is 35.5. The zero-order valence-electron chi connectivity index (χ0n) is 10.6. The van der Waals surface area contributed by atoms with Crippen LogP contribution in [0, 0.1) is 12.8 Å². The van der Waals surface area contributed by atoms with Crippen LogP contribution < -0.4 is 4.74 Å². The fourth-order valence-electron chi connectivity index (χ4n) is 2.12. The molecule has 0 radical (unpaired) electrons. The maximum absolute atomic E-state index is 11.7. The highest BCUT2D eigenvalue weighted by Crippen LogP contribution is 2.27. The summed E-state index contributed by atoms with van der Waals surface area (Å²) in [5, 5.41) is 0.382. The summed E-state index contributed by atoms with van der Waals surface area (Å²) in [5.74, 6) is -0.0207. The molecule has 0 N–H and O–H groups in total. The summed E-state index contributed by atoms with van der Waals surface area (Å²) >= 11 is 5.96. The Labute approximate surface area is 117 Å². The fraction of sp³-hybridized carbons (Fsp3) is 0.462. The zero-order valence-corrected chi connectivity index (χ0v) is 12.1. The SMILES string of the molecule is Cc1ccc(OC(=O)C[C@H]2CCS(=O)(=O)C2)c(Cl)c1. The summed E-state index contributed by atoms with van der Waals surface area (Å²) in [7, 11) is -2.96. The van der Waals surface area contributed by atoms with Gasteiger partial charge in [-0.05, 0) is 37.0 Å². The first-order chi connectivity index (χ1) is 8.85. The Kier molecular flexibility index (Phi) is 4.16. The Morgan fingerprint density at radius 2 is 2.21 bits per heavy atom. The summed E-state index contributed by atoms with van der Waals surface area (Å²) in [6, 6.07) is 5.15. The molecule has 0 unspecified atom stereocenters. The van der Waals surface area contributed by atoms with Gasteiger partial charge in [-0.1, -0.05) is 17.7 Å². The van der Waals surface area contributed by atoms with Crippen LogP contribution >= 0.6 is 11.6 Å². The maximum Gasteiger partial charge on any atom is 0.311 e. The van der Waals surface area contributed by atoms with Gasteiger partial charge in [0.1, 0.15) is 5.75 Å². The minimum atomic E-state index is -2.96. The maximum atomic E-state index is 11.7. The van der Waals surface area contributed by atoms with Crippen LogP contribution in [0.5, 0.6) is 5.75 Å². The second kappa shape index (κ2) is 5.51. The molecular formula is C13H15ClO4S. The molecule has 1 atom stereocenters. The minimum absolute atomic E-state index is 0.0731. The molecule has 0 spiro atoms. The van der Waals surface area contributed by atoms with E-state index in [2.05, 4.69) is 0 Å². The van der Waals surface area contributed by atoms with Crippen molar-refractivity contribution in [3.8, 4) is 5.75 Å². The number of hydrogen-bond donors (Lipinski definition) is 0. The smallest absolute Gasteiger partial charge is 0.311 e. The Morgan fingerprint density at radius 3 is 2.79 bits per heavy atom. The van der Waals surface area contributed by atoms with Crippen LogP contribution in [0.15, 0.2) is 18.2 Å². The number of aryl methyl sites for hydroxylation is 1. The van der Waals surface area contributed by atoms with Gasteiger partial charge in [0.15, 0.2) is 9.84 Å². The average Bonchev–Trinajstić information content (AvgIpc) is 2.62. The van der Waals surface area contributed by atoms with Crippen LogP contribution in [0.3, 0.4) is 0 Å². The molecule has 0 bridgehead atoms. The summed E-state index contributed by atoms with van der Waals surface area (Å²) in [6.07, 6.45) is 0.641. The third-order valence-corrected chi connectivity index (χ3v) is 5.23. The lowest BCUT2D eigenvalue weighted by Crippen LogP contribution is -2.15. The number of rotatable bonds is 3. The zero-order chi connectivity index (χ0) is 14.0. The number of hydrogen-bond acceptors (Lipinski definition) is 4. The van der Waals surface area contributed by atoms with Crippen LogP contribution in [-0.4, -0.2) is 25.9 Å². The monoisotopic (exact) mass is 302 g/mol. The average molecular weight is 303 g/mol. The molecular weight excluding hydrogens is 288 g/mol. The number of sulfone groups is 1. The number of halogens is 1. The number of benzene rings is 1. The first kappa shape index (κ1) is 14.3. The number of esters is 1. The number of ether oxygens (including phenoxy) is 1. The molecule has 1 aliphatic rings. The molecule has 4 nitrogen and oxygen atoms in total. The summed E-state index contributed by atoms with van der Waals surface area (Å²) in [6.45, 7) is 1.89. The molecule has 19 heavy (non-hydrogen) atoms. The third-order valence-electron chi connectivity index (χ3n) is 3.09. The van der Waals surface area contributed by atoms with Crippen molar-refractivity contribution in [1.29, 1.82) is 0 Å². The molecule has 1 heterocycles. The molecule has 104 valence electrons. The predicted molar refractivity (Wildman–Crippen MR) is 73.2 cm³/mol. The topological polar surface area (TPSA) is 60.4 Å². The molecule has 0 aromatic heterocycles. The molecule has 1 aromatic rings. The Bertz CT molecular complexity index is 595. The van der Waals surface area contributed by atoms with Crippen LogP contribution in [0.2, 0.25) is 5.02 Å². The van der Waals surface area contributed by atoms with E-state index >= 15 is 0 Å². The fourth-order valence-corrected chi connectivity index (χ4v) is 4.26. The molecule has 0 saturated carbocycles. The minimum Gasteiger partial charge on any atom is -0.425 e. The van der Waals surface area contributed by atoms with Gasteiger partial charge in [0.2, 0.25) is 0 Å². The van der Waals surface area contributed by atoms with Crippen LogP contribution in [0.1, 0.15) is 18.4 Å². The standard InChI is InChI=1S/C13H15ClO4S/c1-9-2-3-12(11(14)6-9)18-13(15)7-10-4-5-19(16,17)8-10/h2-3,6,10H,4-5,7-8H2,1H3/t10-/m1/s1. The van der Waals surface area contributed by atoms with Crippen molar-refractivity contribution in [2.24, 2.45) is 5.92 Å². The molecule has 2 rings (SSSR count). The van der Waals surface area contributed by atoms with Crippen molar-refractivity contribution in [3.63, 3.8) is 0 Å². The van der Waals surface area contributed by atoms with Gasteiger partial charge < -0.3 is 4.74 Å². The van der Waals surface area contributed by atoms with E-state index in [9.17, 15) is 13.2 Å². The predicted octanol–water partition coefficient (Wildman–Crippen LogP) is 2.38. The Morgan fingerprint density at radius 1 is 1.47 bits per heavy atom. The van der Waals surface area contributed by atoms with Gasteiger partial charge in [-0.2, -0.15) is 0 Å². The highest BCUT2D eigenvalue weighted by Gasteiger charge is 2.30. The lowest BCUT2D eigenvalue weighted by Gasteiger charge is -2.09. The Balaban J connectivity index is 1.95. The summed E-state index contributed by atoms with van der Waals surface area (Å²) < 4.78 is 27.8. The van der Waals surface area contributed by atoms with Crippen molar-refractivity contribution < 1.29 is 17.9 Å². The highest BCUT2D eigenvalue weighted by molar-refractivity contribution is 7.91. The van der Waals surface area contributed by atoms with E-state index in [0.29, 0.717) is 17.2 Å². The molecule has 6 heteroatoms. The van der Waals surface area contributed by atoms with Crippen molar-refractivity contribution in [3.05, 3.63) is 28.8 Å². The van der Waals surface area contributed by atoms with Crippen molar-refractivity contribution in [2.45, 2.75) is 19.8 Å². The van der Waals surface area contributed by atoms with E-state index in [0.717, 1.165) is 5.56 Å².